The highest BCUT2D eigenvalue weighted by Gasteiger charge is 2.22. The summed E-state index contributed by atoms with van der Waals surface area (Å²) < 4.78 is 6.02. The van der Waals surface area contributed by atoms with Crippen LogP contribution in [0.4, 0.5) is 11.6 Å². The fraction of sp³-hybridized carbons (Fsp3) is 0.531. The Labute approximate surface area is 249 Å². The van der Waals surface area contributed by atoms with E-state index in [-0.39, 0.29) is 5.41 Å². The Balaban J connectivity index is 1.33. The molecule has 0 bridgehead atoms. The van der Waals surface area contributed by atoms with E-state index in [0.717, 1.165) is 73.8 Å². The number of pyridine rings is 2. The van der Waals surface area contributed by atoms with Gasteiger partial charge in [-0.1, -0.05) is 26.8 Å². The molecule has 3 N–H and O–H groups in total. The van der Waals surface area contributed by atoms with Crippen molar-refractivity contribution in [2.45, 2.75) is 77.7 Å². The number of hydrogen-bond acceptors (Lipinski definition) is 9. The second-order valence-corrected chi connectivity index (χ2v) is 11.9. The van der Waals surface area contributed by atoms with Crippen molar-refractivity contribution in [3.8, 4) is 5.75 Å². The first-order chi connectivity index (χ1) is 20.2. The summed E-state index contributed by atoms with van der Waals surface area (Å²) in [6, 6.07) is 9.20. The molecule has 10 heteroatoms. The maximum Gasteiger partial charge on any atom is 0.326 e. The van der Waals surface area contributed by atoms with Gasteiger partial charge in [0.15, 0.2) is 0 Å². The van der Waals surface area contributed by atoms with Crippen molar-refractivity contribution in [2.75, 3.05) is 43.4 Å². The largest absolute Gasteiger partial charge is 0.490 e. The fourth-order valence-electron chi connectivity index (χ4n) is 4.99. The lowest BCUT2D eigenvalue weighted by atomic mass is 9.92. The zero-order valence-corrected chi connectivity index (χ0v) is 25.4. The van der Waals surface area contributed by atoms with E-state index >= 15 is 0 Å². The van der Waals surface area contributed by atoms with Crippen LogP contribution in [0, 0.1) is 6.92 Å². The molecule has 1 aliphatic heterocycles. The molecule has 0 fully saturated rings. The van der Waals surface area contributed by atoms with Crippen LogP contribution in [0.25, 0.3) is 0 Å². The minimum atomic E-state index is -0.903. The van der Waals surface area contributed by atoms with Crippen molar-refractivity contribution < 1.29 is 14.6 Å². The zero-order valence-electron chi connectivity index (χ0n) is 25.4. The molecule has 0 saturated heterocycles. The molecule has 1 atom stereocenters. The van der Waals surface area contributed by atoms with E-state index in [9.17, 15) is 9.90 Å². The zero-order chi connectivity index (χ0) is 30.0. The molecule has 0 aliphatic carbocycles. The molecule has 0 spiro atoms. The molecule has 1 aliphatic rings. The van der Waals surface area contributed by atoms with Gasteiger partial charge in [-0.3, -0.25) is 9.88 Å². The van der Waals surface area contributed by atoms with Crippen molar-refractivity contribution in [2.24, 2.45) is 0 Å². The molecule has 10 nitrogen and oxygen atoms in total. The Bertz CT molecular complexity index is 1310. The molecule has 0 radical (unpaired) electrons. The Morgan fingerprint density at radius 3 is 2.79 bits per heavy atom. The Hall–Kier alpha value is -3.79. The maximum absolute atomic E-state index is 12.2. The molecule has 42 heavy (non-hydrogen) atoms. The van der Waals surface area contributed by atoms with Crippen molar-refractivity contribution in [1.82, 2.24) is 24.8 Å². The second kappa shape index (κ2) is 14.9. The summed E-state index contributed by atoms with van der Waals surface area (Å²) in [6.07, 6.45) is 8.80. The summed E-state index contributed by atoms with van der Waals surface area (Å²) in [6.45, 7) is 11.8. The normalized spacial score (nSPS) is 13.7. The Kier molecular flexibility index (Phi) is 11.1. The van der Waals surface area contributed by atoms with E-state index < -0.39 is 12.0 Å². The third kappa shape index (κ3) is 9.37. The number of nitrogens with zero attached hydrogens (tertiary/aromatic N) is 5. The van der Waals surface area contributed by atoms with Crippen molar-refractivity contribution in [3.05, 3.63) is 65.5 Å². The number of unbranched alkanes of at least 4 members (excludes halogenated alkanes) is 1. The molecule has 4 rings (SSSR count). The summed E-state index contributed by atoms with van der Waals surface area (Å²) in [4.78, 5) is 32.2. The Morgan fingerprint density at radius 1 is 1.14 bits per heavy atom. The number of nitrogens with one attached hydrogen (secondary N) is 2. The summed E-state index contributed by atoms with van der Waals surface area (Å²) in [5.74, 6) is 1.43. The molecule has 0 aromatic carbocycles. The number of aliphatic carboxylic acids is 1. The number of ether oxygens (including phenoxy) is 1. The number of fused-ring (bicyclic) bond motifs is 1. The van der Waals surface area contributed by atoms with Gasteiger partial charge in [0.05, 0.1) is 11.4 Å². The van der Waals surface area contributed by atoms with Crippen LogP contribution in [0.1, 0.15) is 69.1 Å². The summed E-state index contributed by atoms with van der Waals surface area (Å²) in [5.41, 5.74) is 3.97. The highest BCUT2D eigenvalue weighted by molar-refractivity contribution is 5.76. The minimum Gasteiger partial charge on any atom is -0.490 e. The molecule has 0 amide bonds. The van der Waals surface area contributed by atoms with Crippen LogP contribution in [0.5, 0.6) is 5.75 Å². The van der Waals surface area contributed by atoms with Crippen molar-refractivity contribution >= 4 is 17.6 Å². The van der Waals surface area contributed by atoms with Gasteiger partial charge in [-0.15, -0.1) is 0 Å². The molecule has 0 saturated carbocycles. The number of rotatable bonds is 15. The lowest BCUT2D eigenvalue weighted by molar-refractivity contribution is -0.138. The van der Waals surface area contributed by atoms with Crippen LogP contribution in [0.15, 0.2) is 42.9 Å². The maximum atomic E-state index is 12.2. The third-order valence-electron chi connectivity index (χ3n) is 7.52. The second-order valence-electron chi connectivity index (χ2n) is 11.9. The van der Waals surface area contributed by atoms with Gasteiger partial charge in [0.2, 0.25) is 0 Å². The van der Waals surface area contributed by atoms with E-state index in [1.54, 1.807) is 6.20 Å². The SMILES string of the molecule is Cc1ncccc1OCCN(CCCCc1ccc2c(n1)NCCC2)CC[C@H](Nc1cc(C(C)(C)C)ncn1)C(=O)O. The van der Waals surface area contributed by atoms with Crippen LogP contribution in [0.3, 0.4) is 0 Å². The van der Waals surface area contributed by atoms with E-state index in [4.69, 9.17) is 9.72 Å². The van der Waals surface area contributed by atoms with E-state index in [0.29, 0.717) is 31.9 Å². The topological polar surface area (TPSA) is 125 Å². The molecule has 0 unspecified atom stereocenters. The average molecular weight is 576 g/mol. The van der Waals surface area contributed by atoms with E-state index in [1.165, 1.54) is 11.9 Å². The number of carbonyl (C=O) groups is 1. The molecule has 226 valence electrons. The molecular weight excluding hydrogens is 530 g/mol. The number of hydrogen-bond donors (Lipinski definition) is 3. The number of carboxylic acid groups (broad SMARTS) is 1. The minimum absolute atomic E-state index is 0.160. The van der Waals surface area contributed by atoms with Crippen molar-refractivity contribution in [3.63, 3.8) is 0 Å². The summed E-state index contributed by atoms with van der Waals surface area (Å²) in [5, 5.41) is 16.5. The van der Waals surface area contributed by atoms with Gasteiger partial charge in [0, 0.05) is 43.0 Å². The number of anilines is 2. The van der Waals surface area contributed by atoms with E-state index in [2.05, 4.69) is 63.4 Å². The van der Waals surface area contributed by atoms with Crippen LogP contribution < -0.4 is 15.4 Å². The van der Waals surface area contributed by atoms with Gasteiger partial charge in [0.1, 0.15) is 36.4 Å². The highest BCUT2D eigenvalue weighted by atomic mass is 16.5. The number of aromatic nitrogens is 4. The number of carboxylic acids is 1. The first-order valence-corrected chi connectivity index (χ1v) is 15.0. The number of aryl methyl sites for hydroxylation is 3. The lowest BCUT2D eigenvalue weighted by Crippen LogP contribution is -2.37. The van der Waals surface area contributed by atoms with Gasteiger partial charge in [0.25, 0.3) is 0 Å². The summed E-state index contributed by atoms with van der Waals surface area (Å²) in [7, 11) is 0. The first kappa shape index (κ1) is 31.2. The molecule has 3 aromatic rings. The smallest absolute Gasteiger partial charge is 0.326 e. The summed E-state index contributed by atoms with van der Waals surface area (Å²) >= 11 is 0. The monoisotopic (exact) mass is 575 g/mol. The van der Waals surface area contributed by atoms with E-state index in [1.807, 2.05) is 25.1 Å². The van der Waals surface area contributed by atoms with Crippen LogP contribution in [-0.2, 0) is 23.1 Å². The quantitative estimate of drug-likeness (QED) is 0.216. The van der Waals surface area contributed by atoms with Crippen LogP contribution >= 0.6 is 0 Å². The van der Waals surface area contributed by atoms with Gasteiger partial charge in [-0.2, -0.15) is 0 Å². The Morgan fingerprint density at radius 2 is 2.00 bits per heavy atom. The third-order valence-corrected chi connectivity index (χ3v) is 7.52. The van der Waals surface area contributed by atoms with Gasteiger partial charge in [-0.05, 0) is 75.8 Å². The van der Waals surface area contributed by atoms with Crippen molar-refractivity contribution in [1.29, 1.82) is 0 Å². The highest BCUT2D eigenvalue weighted by Crippen LogP contribution is 2.22. The molecule has 3 aromatic heterocycles. The standard InChI is InChI=1S/C32H45N7O3/c1-23-27(11-8-15-33-23)42-20-19-39(17-6-5-10-25-13-12-24-9-7-16-34-30(24)37-25)18-14-26(31(40)41)38-29-21-28(32(2,3)4)35-22-36-29/h8,11-13,15,21-22,26H,5-7,9-10,14,16-20H2,1-4H3,(H,34,37)(H,40,41)(H,35,36,38)/t26-/m0/s1. The molecular formula is C32H45N7O3. The fourth-order valence-corrected chi connectivity index (χ4v) is 4.99. The molecule has 4 heterocycles. The van der Waals surface area contributed by atoms with Gasteiger partial charge >= 0.3 is 5.97 Å². The van der Waals surface area contributed by atoms with Gasteiger partial charge < -0.3 is 20.5 Å². The first-order valence-electron chi connectivity index (χ1n) is 15.0. The predicted octanol–water partition coefficient (Wildman–Crippen LogP) is 4.89. The van der Waals surface area contributed by atoms with Crippen LogP contribution in [0.2, 0.25) is 0 Å². The van der Waals surface area contributed by atoms with Gasteiger partial charge in [-0.25, -0.2) is 19.7 Å². The van der Waals surface area contributed by atoms with Crippen LogP contribution in [-0.4, -0.2) is 74.7 Å². The predicted molar refractivity (Wildman–Crippen MR) is 165 cm³/mol. The average Bonchev–Trinajstić information content (AvgIpc) is 2.97. The lowest BCUT2D eigenvalue weighted by Gasteiger charge is -2.25.